The maximum atomic E-state index is 12.7. The number of carbonyl (C=O) groups excluding carboxylic acids is 2. The van der Waals surface area contributed by atoms with Crippen molar-refractivity contribution in [2.75, 3.05) is 18.7 Å². The Morgan fingerprint density at radius 1 is 1.17 bits per heavy atom. The van der Waals surface area contributed by atoms with Gasteiger partial charge in [-0.1, -0.05) is 6.07 Å². The molecule has 30 heavy (non-hydrogen) atoms. The minimum absolute atomic E-state index is 0.221. The molecule has 0 unspecified atom stereocenters. The summed E-state index contributed by atoms with van der Waals surface area (Å²) >= 11 is 6.08. The van der Waals surface area contributed by atoms with Crippen LogP contribution in [0.3, 0.4) is 0 Å². The second-order valence-electron chi connectivity index (χ2n) is 6.50. The number of ether oxygens (including phenoxy) is 3. The lowest BCUT2D eigenvalue weighted by molar-refractivity contribution is 0.0527. The predicted molar refractivity (Wildman–Crippen MR) is 120 cm³/mol. The molecule has 6 nitrogen and oxygen atoms in total. The largest absolute Gasteiger partial charge is 0.462 e. The monoisotopic (exact) mass is 507 g/mol. The molecule has 0 aliphatic carbocycles. The van der Waals surface area contributed by atoms with E-state index in [1.807, 2.05) is 31.2 Å². The van der Waals surface area contributed by atoms with Crippen LogP contribution >= 0.6 is 38.6 Å². The molecule has 1 amide bonds. The third-order valence-corrected chi connectivity index (χ3v) is 7.38. The molecule has 0 saturated heterocycles. The molecule has 1 aromatic carbocycles. The molecule has 3 heterocycles. The maximum absolute atomic E-state index is 12.7. The van der Waals surface area contributed by atoms with Crippen LogP contribution in [0.1, 0.15) is 43.0 Å². The summed E-state index contributed by atoms with van der Waals surface area (Å²) in [5.41, 5.74) is 2.24. The van der Waals surface area contributed by atoms with Crippen LogP contribution in [0.5, 0.6) is 11.5 Å². The molecule has 0 atom stereocenters. The van der Waals surface area contributed by atoms with Crippen LogP contribution in [0.4, 0.5) is 5.00 Å². The van der Waals surface area contributed by atoms with Crippen LogP contribution in [0.2, 0.25) is 0 Å². The van der Waals surface area contributed by atoms with E-state index in [1.54, 1.807) is 13.0 Å². The quantitative estimate of drug-likeness (QED) is 0.437. The summed E-state index contributed by atoms with van der Waals surface area (Å²) in [5, 5.41) is 3.39. The van der Waals surface area contributed by atoms with Crippen LogP contribution in [0.25, 0.3) is 0 Å². The van der Waals surface area contributed by atoms with Crippen LogP contribution in [-0.2, 0) is 11.2 Å². The van der Waals surface area contributed by atoms with E-state index in [0.717, 1.165) is 25.5 Å². The summed E-state index contributed by atoms with van der Waals surface area (Å²) in [5.74, 6) is 0.742. The number of halogens is 1. The van der Waals surface area contributed by atoms with Gasteiger partial charge in [-0.3, -0.25) is 4.79 Å². The number of thiophene rings is 2. The highest BCUT2D eigenvalue weighted by molar-refractivity contribution is 9.11. The van der Waals surface area contributed by atoms with Gasteiger partial charge >= 0.3 is 5.97 Å². The van der Waals surface area contributed by atoms with E-state index in [2.05, 4.69) is 21.2 Å². The zero-order valence-electron chi connectivity index (χ0n) is 16.2. The molecular weight excluding hydrogens is 490 g/mol. The van der Waals surface area contributed by atoms with Gasteiger partial charge in [0.05, 0.1) is 20.8 Å². The first-order valence-corrected chi connectivity index (χ1v) is 11.6. The number of rotatable bonds is 6. The van der Waals surface area contributed by atoms with Crippen LogP contribution < -0.4 is 14.8 Å². The van der Waals surface area contributed by atoms with Crippen molar-refractivity contribution in [1.82, 2.24) is 0 Å². The standard InChI is InChI=1S/C21H18BrNO5S2/c1-3-26-21(25)18-11(2)16(9-12-4-5-13-14(8-12)28-10-27-13)30-20(18)23-19(24)15-6-7-17(22)29-15/h4-8H,3,9-10H2,1-2H3,(H,23,24). The number of hydrogen-bond donors (Lipinski definition) is 1. The molecule has 4 rings (SSSR count). The summed E-state index contributed by atoms with van der Waals surface area (Å²) < 4.78 is 16.9. The Hall–Kier alpha value is -2.36. The first-order valence-electron chi connectivity index (χ1n) is 9.21. The highest BCUT2D eigenvalue weighted by Crippen LogP contribution is 2.38. The van der Waals surface area contributed by atoms with Gasteiger partial charge in [0.2, 0.25) is 6.79 Å². The lowest BCUT2D eigenvalue weighted by atomic mass is 10.1. The summed E-state index contributed by atoms with van der Waals surface area (Å²) in [6, 6.07) is 9.34. The first kappa shape index (κ1) is 20.9. The van der Waals surface area contributed by atoms with Gasteiger partial charge in [-0.15, -0.1) is 22.7 Å². The van der Waals surface area contributed by atoms with Crippen molar-refractivity contribution in [2.45, 2.75) is 20.3 Å². The minimum Gasteiger partial charge on any atom is -0.462 e. The van der Waals surface area contributed by atoms with Crippen molar-refractivity contribution >= 4 is 55.5 Å². The molecule has 2 aromatic heterocycles. The van der Waals surface area contributed by atoms with Crippen LogP contribution in [-0.4, -0.2) is 25.3 Å². The molecule has 3 aromatic rings. The van der Waals surface area contributed by atoms with Crippen molar-refractivity contribution in [3.8, 4) is 11.5 Å². The van der Waals surface area contributed by atoms with Crippen LogP contribution in [0, 0.1) is 6.92 Å². The third kappa shape index (κ3) is 4.23. The van der Waals surface area contributed by atoms with Gasteiger partial charge in [0.1, 0.15) is 5.00 Å². The smallest absolute Gasteiger partial charge is 0.341 e. The van der Waals surface area contributed by atoms with Gasteiger partial charge < -0.3 is 19.5 Å². The minimum atomic E-state index is -0.439. The van der Waals surface area contributed by atoms with Crippen molar-refractivity contribution in [3.05, 3.63) is 60.6 Å². The number of benzene rings is 1. The fourth-order valence-electron chi connectivity index (χ4n) is 3.10. The number of carbonyl (C=O) groups is 2. The molecule has 9 heteroatoms. The van der Waals surface area contributed by atoms with Gasteiger partial charge in [0.25, 0.3) is 5.91 Å². The van der Waals surface area contributed by atoms with Gasteiger partial charge in [0, 0.05) is 11.3 Å². The third-order valence-electron chi connectivity index (χ3n) is 4.55. The second kappa shape index (κ2) is 8.79. The molecule has 0 spiro atoms. The van der Waals surface area contributed by atoms with E-state index in [9.17, 15) is 9.59 Å². The van der Waals surface area contributed by atoms with Gasteiger partial charge in [0.15, 0.2) is 11.5 Å². The topological polar surface area (TPSA) is 73.9 Å². The van der Waals surface area contributed by atoms with E-state index in [1.165, 1.54) is 22.7 Å². The molecule has 0 bridgehead atoms. The lowest BCUT2D eigenvalue weighted by Crippen LogP contribution is -2.13. The number of amides is 1. The molecule has 1 aliphatic rings. The fourth-order valence-corrected chi connectivity index (χ4v) is 5.61. The summed E-state index contributed by atoms with van der Waals surface area (Å²) in [6.07, 6.45) is 0.597. The SMILES string of the molecule is CCOC(=O)c1c(NC(=O)c2ccc(Br)s2)sc(Cc2ccc3c(c2)OCO3)c1C. The van der Waals surface area contributed by atoms with Crippen molar-refractivity contribution < 1.29 is 23.8 Å². The molecule has 0 radical (unpaired) electrons. The maximum Gasteiger partial charge on any atom is 0.341 e. The van der Waals surface area contributed by atoms with E-state index in [-0.39, 0.29) is 19.3 Å². The fraction of sp³-hybridized carbons (Fsp3) is 0.238. The number of anilines is 1. The Balaban J connectivity index is 1.65. The normalized spacial score (nSPS) is 12.1. The molecule has 0 fully saturated rings. The summed E-state index contributed by atoms with van der Waals surface area (Å²) in [6.45, 7) is 4.12. The highest BCUT2D eigenvalue weighted by Gasteiger charge is 2.25. The zero-order chi connectivity index (χ0) is 21.3. The lowest BCUT2D eigenvalue weighted by Gasteiger charge is -2.06. The van der Waals surface area contributed by atoms with Crippen molar-refractivity contribution in [3.63, 3.8) is 0 Å². The Morgan fingerprint density at radius 2 is 1.97 bits per heavy atom. The van der Waals surface area contributed by atoms with E-state index in [4.69, 9.17) is 14.2 Å². The molecule has 156 valence electrons. The summed E-state index contributed by atoms with van der Waals surface area (Å²) in [7, 11) is 0. The number of esters is 1. The molecule has 1 aliphatic heterocycles. The van der Waals surface area contributed by atoms with Crippen molar-refractivity contribution in [1.29, 1.82) is 0 Å². The Bertz CT molecular complexity index is 1120. The number of fused-ring (bicyclic) bond motifs is 1. The highest BCUT2D eigenvalue weighted by atomic mass is 79.9. The molecule has 0 saturated carbocycles. The van der Waals surface area contributed by atoms with E-state index in [0.29, 0.717) is 27.6 Å². The van der Waals surface area contributed by atoms with E-state index >= 15 is 0 Å². The van der Waals surface area contributed by atoms with Crippen LogP contribution in [0.15, 0.2) is 34.1 Å². The average Bonchev–Trinajstić information content (AvgIpc) is 3.41. The summed E-state index contributed by atoms with van der Waals surface area (Å²) in [4.78, 5) is 26.8. The first-order chi connectivity index (χ1) is 14.5. The van der Waals surface area contributed by atoms with Gasteiger partial charge in [-0.05, 0) is 65.2 Å². The predicted octanol–water partition coefficient (Wildman–Crippen LogP) is 5.63. The Kier molecular flexibility index (Phi) is 6.12. The number of hydrogen-bond acceptors (Lipinski definition) is 7. The van der Waals surface area contributed by atoms with Gasteiger partial charge in [-0.2, -0.15) is 0 Å². The van der Waals surface area contributed by atoms with Crippen molar-refractivity contribution in [2.24, 2.45) is 0 Å². The Morgan fingerprint density at radius 3 is 2.70 bits per heavy atom. The molecule has 1 N–H and O–H groups in total. The number of nitrogens with one attached hydrogen (secondary N) is 1. The average molecular weight is 508 g/mol. The zero-order valence-corrected chi connectivity index (χ0v) is 19.5. The van der Waals surface area contributed by atoms with E-state index < -0.39 is 5.97 Å². The van der Waals surface area contributed by atoms with Gasteiger partial charge in [-0.25, -0.2) is 4.79 Å². The molecular formula is C21H18BrNO5S2. The second-order valence-corrected chi connectivity index (χ2v) is 10.1. The Labute approximate surface area is 189 Å².